The molecule has 1 saturated heterocycles. The first-order chi connectivity index (χ1) is 11.4. The third-order valence-electron chi connectivity index (χ3n) is 4.66. The van der Waals surface area contributed by atoms with Crippen LogP contribution < -0.4 is 10.6 Å². The minimum Gasteiger partial charge on any atom is -0.354 e. The van der Waals surface area contributed by atoms with E-state index in [2.05, 4.69) is 10.6 Å². The van der Waals surface area contributed by atoms with Gasteiger partial charge in [0.2, 0.25) is 5.91 Å². The second kappa shape index (κ2) is 6.26. The van der Waals surface area contributed by atoms with Crippen LogP contribution >= 0.6 is 0 Å². The zero-order chi connectivity index (χ0) is 17.3. The third-order valence-corrected chi connectivity index (χ3v) is 4.66. The van der Waals surface area contributed by atoms with Crippen LogP contribution in [0.3, 0.4) is 0 Å². The molecule has 0 unspecified atom stereocenters. The Morgan fingerprint density at radius 1 is 1.33 bits per heavy atom. The van der Waals surface area contributed by atoms with Crippen LogP contribution in [-0.4, -0.2) is 35.8 Å². The molecule has 6 nitrogen and oxygen atoms in total. The van der Waals surface area contributed by atoms with Gasteiger partial charge in [-0.25, -0.2) is 4.79 Å². The number of amides is 4. The van der Waals surface area contributed by atoms with E-state index >= 15 is 0 Å². The summed E-state index contributed by atoms with van der Waals surface area (Å²) in [6.45, 7) is 4.27. The van der Waals surface area contributed by atoms with E-state index in [9.17, 15) is 14.4 Å². The molecule has 1 aliphatic heterocycles. The van der Waals surface area contributed by atoms with E-state index in [1.165, 1.54) is 0 Å². The molecule has 3 rings (SSSR count). The first-order valence-electron chi connectivity index (χ1n) is 8.43. The van der Waals surface area contributed by atoms with E-state index in [0.29, 0.717) is 18.9 Å². The van der Waals surface area contributed by atoms with Crippen LogP contribution in [0.15, 0.2) is 24.3 Å². The lowest BCUT2D eigenvalue weighted by atomic mass is 9.76. The second-order valence-corrected chi connectivity index (χ2v) is 6.94. The Labute approximate surface area is 141 Å². The van der Waals surface area contributed by atoms with Crippen LogP contribution in [0, 0.1) is 5.92 Å². The highest BCUT2D eigenvalue weighted by molar-refractivity contribution is 6.09. The minimum absolute atomic E-state index is 0.235. The molecule has 1 heterocycles. The van der Waals surface area contributed by atoms with Crippen LogP contribution in [0.2, 0.25) is 0 Å². The SMILES string of the molecule is CC(C)CNC(=O)CN1C(=O)N[C@@]2(CCCc3ccccc32)C1=O. The van der Waals surface area contributed by atoms with E-state index in [1.54, 1.807) is 0 Å². The monoisotopic (exact) mass is 329 g/mol. The largest absolute Gasteiger partial charge is 0.354 e. The van der Waals surface area contributed by atoms with Gasteiger partial charge in [0.05, 0.1) is 0 Å². The van der Waals surface area contributed by atoms with Crippen molar-refractivity contribution in [3.63, 3.8) is 0 Å². The Morgan fingerprint density at radius 2 is 2.08 bits per heavy atom. The molecular formula is C18H23N3O3. The number of hydrogen-bond donors (Lipinski definition) is 2. The predicted octanol–water partition coefficient (Wildman–Crippen LogP) is 1.54. The first-order valence-corrected chi connectivity index (χ1v) is 8.43. The van der Waals surface area contributed by atoms with Crippen molar-refractivity contribution in [3.05, 3.63) is 35.4 Å². The van der Waals surface area contributed by atoms with Gasteiger partial charge in [0, 0.05) is 6.54 Å². The fourth-order valence-electron chi connectivity index (χ4n) is 3.47. The maximum atomic E-state index is 13.0. The summed E-state index contributed by atoms with van der Waals surface area (Å²) >= 11 is 0. The summed E-state index contributed by atoms with van der Waals surface area (Å²) in [5, 5.41) is 5.60. The van der Waals surface area contributed by atoms with Gasteiger partial charge in [0.25, 0.3) is 5.91 Å². The zero-order valence-electron chi connectivity index (χ0n) is 14.1. The molecule has 0 aromatic heterocycles. The van der Waals surface area contributed by atoms with E-state index in [-0.39, 0.29) is 18.4 Å². The van der Waals surface area contributed by atoms with E-state index in [4.69, 9.17) is 0 Å². The quantitative estimate of drug-likeness (QED) is 0.823. The molecule has 6 heteroatoms. The number of fused-ring (bicyclic) bond motifs is 2. The molecule has 1 aromatic carbocycles. The number of nitrogens with zero attached hydrogens (tertiary/aromatic N) is 1. The van der Waals surface area contributed by atoms with Crippen LogP contribution in [-0.2, 0) is 21.5 Å². The number of carbonyl (C=O) groups excluding carboxylic acids is 3. The summed E-state index contributed by atoms with van der Waals surface area (Å²) in [5.41, 5.74) is 0.938. The van der Waals surface area contributed by atoms with Crippen molar-refractivity contribution in [2.24, 2.45) is 5.92 Å². The van der Waals surface area contributed by atoms with Gasteiger partial charge in [-0.3, -0.25) is 14.5 Å². The molecular weight excluding hydrogens is 306 g/mol. The lowest BCUT2D eigenvalue weighted by molar-refractivity contribution is -0.135. The number of rotatable bonds is 4. The van der Waals surface area contributed by atoms with Crippen molar-refractivity contribution >= 4 is 17.8 Å². The molecule has 1 aliphatic carbocycles. The fraction of sp³-hybridized carbons (Fsp3) is 0.500. The smallest absolute Gasteiger partial charge is 0.325 e. The summed E-state index contributed by atoms with van der Waals surface area (Å²) in [5.74, 6) is -0.318. The van der Waals surface area contributed by atoms with Gasteiger partial charge in [-0.05, 0) is 36.3 Å². The highest BCUT2D eigenvalue weighted by Gasteiger charge is 2.54. The molecule has 1 atom stereocenters. The second-order valence-electron chi connectivity index (χ2n) is 6.94. The Hall–Kier alpha value is -2.37. The molecule has 4 amide bonds. The first kappa shape index (κ1) is 16.5. The molecule has 1 aromatic rings. The Bertz CT molecular complexity index is 686. The number of carbonyl (C=O) groups is 3. The lowest BCUT2D eigenvalue weighted by Gasteiger charge is -2.33. The maximum absolute atomic E-state index is 13.0. The van der Waals surface area contributed by atoms with Crippen LogP contribution in [0.4, 0.5) is 4.79 Å². The molecule has 24 heavy (non-hydrogen) atoms. The number of nitrogens with one attached hydrogen (secondary N) is 2. The zero-order valence-corrected chi connectivity index (χ0v) is 14.1. The molecule has 1 spiro atoms. The Morgan fingerprint density at radius 3 is 2.83 bits per heavy atom. The normalized spacial score (nSPS) is 22.7. The van der Waals surface area contributed by atoms with Gasteiger partial charge >= 0.3 is 6.03 Å². The van der Waals surface area contributed by atoms with Gasteiger partial charge in [0.15, 0.2) is 0 Å². The van der Waals surface area contributed by atoms with Crippen LogP contribution in [0.1, 0.15) is 37.8 Å². The summed E-state index contributed by atoms with van der Waals surface area (Å²) in [6, 6.07) is 7.22. The van der Waals surface area contributed by atoms with E-state index < -0.39 is 11.6 Å². The van der Waals surface area contributed by atoms with E-state index in [0.717, 1.165) is 28.9 Å². The highest BCUT2D eigenvalue weighted by Crippen LogP contribution is 2.39. The Balaban J connectivity index is 1.81. The lowest BCUT2D eigenvalue weighted by Crippen LogP contribution is -2.47. The third kappa shape index (κ3) is 2.77. The summed E-state index contributed by atoms with van der Waals surface area (Å²) in [4.78, 5) is 38.4. The molecule has 0 saturated carbocycles. The van der Waals surface area contributed by atoms with Crippen molar-refractivity contribution in [1.82, 2.24) is 15.5 Å². The van der Waals surface area contributed by atoms with Crippen molar-refractivity contribution < 1.29 is 14.4 Å². The molecule has 128 valence electrons. The minimum atomic E-state index is -1.01. The molecule has 0 bridgehead atoms. The average Bonchev–Trinajstić information content (AvgIpc) is 2.78. The van der Waals surface area contributed by atoms with Crippen molar-refractivity contribution in [2.75, 3.05) is 13.1 Å². The fourth-order valence-corrected chi connectivity index (χ4v) is 3.47. The number of urea groups is 1. The summed E-state index contributed by atoms with van der Waals surface area (Å²) in [6.07, 6.45) is 2.30. The Kier molecular flexibility index (Phi) is 4.30. The molecule has 1 fully saturated rings. The number of benzene rings is 1. The van der Waals surface area contributed by atoms with Crippen LogP contribution in [0.25, 0.3) is 0 Å². The van der Waals surface area contributed by atoms with Gasteiger partial charge in [-0.2, -0.15) is 0 Å². The van der Waals surface area contributed by atoms with Crippen LogP contribution in [0.5, 0.6) is 0 Å². The average molecular weight is 329 g/mol. The van der Waals surface area contributed by atoms with Gasteiger partial charge in [-0.1, -0.05) is 38.1 Å². The van der Waals surface area contributed by atoms with Gasteiger partial charge in [-0.15, -0.1) is 0 Å². The molecule has 2 N–H and O–H groups in total. The van der Waals surface area contributed by atoms with Gasteiger partial charge < -0.3 is 10.6 Å². The van der Waals surface area contributed by atoms with Crippen molar-refractivity contribution in [2.45, 2.75) is 38.6 Å². The highest BCUT2D eigenvalue weighted by atomic mass is 16.2. The number of aryl methyl sites for hydroxylation is 1. The summed E-state index contributed by atoms with van der Waals surface area (Å²) in [7, 11) is 0. The summed E-state index contributed by atoms with van der Waals surface area (Å²) < 4.78 is 0. The predicted molar refractivity (Wildman–Crippen MR) is 89.2 cm³/mol. The topological polar surface area (TPSA) is 78.5 Å². The van der Waals surface area contributed by atoms with Crippen molar-refractivity contribution in [3.8, 4) is 0 Å². The standard InChI is InChI=1S/C18H23N3O3/c1-12(2)10-19-15(22)11-21-16(23)18(20-17(21)24)9-5-7-13-6-3-4-8-14(13)18/h3-4,6,8,12H,5,7,9-11H2,1-2H3,(H,19,22)(H,20,24)/t18-/m1/s1. The van der Waals surface area contributed by atoms with Gasteiger partial charge in [0.1, 0.15) is 12.1 Å². The molecule has 0 radical (unpaired) electrons. The number of hydrogen-bond acceptors (Lipinski definition) is 3. The molecule has 2 aliphatic rings. The maximum Gasteiger partial charge on any atom is 0.325 e. The van der Waals surface area contributed by atoms with E-state index in [1.807, 2.05) is 38.1 Å². The van der Waals surface area contributed by atoms with Crippen molar-refractivity contribution in [1.29, 1.82) is 0 Å². The number of imide groups is 1.